The van der Waals surface area contributed by atoms with Crippen LogP contribution in [0.4, 0.5) is 10.1 Å². The fourth-order valence-electron chi connectivity index (χ4n) is 2.78. The van der Waals surface area contributed by atoms with Gasteiger partial charge in [-0.1, -0.05) is 24.3 Å². The maximum atomic E-state index is 13.8. The van der Waals surface area contributed by atoms with Crippen molar-refractivity contribution in [2.75, 3.05) is 5.32 Å². The average Bonchev–Trinajstić information content (AvgIpc) is 2.68. The summed E-state index contributed by atoms with van der Waals surface area (Å²) in [6.45, 7) is 0. The highest BCUT2D eigenvalue weighted by atomic mass is 19.1. The summed E-state index contributed by atoms with van der Waals surface area (Å²) < 4.78 is 13.8. The lowest BCUT2D eigenvalue weighted by molar-refractivity contribution is 0.0697. The molecule has 0 unspecified atom stereocenters. The number of amides is 1. The Bertz CT molecular complexity index is 1080. The fourth-order valence-corrected chi connectivity index (χ4v) is 2.78. The number of amidine groups is 1. The molecule has 0 heterocycles. The maximum absolute atomic E-state index is 13.8. The van der Waals surface area contributed by atoms with Crippen molar-refractivity contribution >= 4 is 23.4 Å². The van der Waals surface area contributed by atoms with Crippen LogP contribution in [0.1, 0.15) is 26.3 Å². The van der Waals surface area contributed by atoms with Crippen LogP contribution in [0.5, 0.6) is 0 Å². The molecule has 0 fully saturated rings. The Kier molecular flexibility index (Phi) is 5.17. The second-order valence-electron chi connectivity index (χ2n) is 5.99. The molecule has 3 rings (SSSR count). The Morgan fingerprint density at radius 1 is 0.929 bits per heavy atom. The SMILES string of the molecule is N=C(N)c1ccc(NC(=O)c2cc(F)ccc2-c2ccccc2C(=O)O)cc1. The summed E-state index contributed by atoms with van der Waals surface area (Å²) in [5.74, 6) is -2.46. The fraction of sp³-hybridized carbons (Fsp3) is 0. The van der Waals surface area contributed by atoms with Crippen molar-refractivity contribution < 1.29 is 19.1 Å². The molecule has 0 bridgehead atoms. The second-order valence-corrected chi connectivity index (χ2v) is 5.99. The number of rotatable bonds is 5. The number of carbonyl (C=O) groups excluding carboxylic acids is 1. The van der Waals surface area contributed by atoms with Crippen LogP contribution in [0.2, 0.25) is 0 Å². The van der Waals surface area contributed by atoms with Crippen LogP contribution in [0, 0.1) is 11.2 Å². The molecule has 5 N–H and O–H groups in total. The van der Waals surface area contributed by atoms with Gasteiger partial charge in [-0.3, -0.25) is 10.2 Å². The number of carbonyl (C=O) groups is 2. The summed E-state index contributed by atoms with van der Waals surface area (Å²) in [5.41, 5.74) is 6.96. The number of anilines is 1. The number of nitrogen functional groups attached to an aromatic ring is 1. The highest BCUT2D eigenvalue weighted by Gasteiger charge is 2.19. The van der Waals surface area contributed by atoms with Gasteiger partial charge in [0, 0.05) is 11.3 Å². The van der Waals surface area contributed by atoms with Crippen molar-refractivity contribution in [3.63, 3.8) is 0 Å². The summed E-state index contributed by atoms with van der Waals surface area (Å²) in [5, 5.41) is 19.4. The molecule has 0 atom stereocenters. The lowest BCUT2D eigenvalue weighted by Gasteiger charge is -2.13. The van der Waals surface area contributed by atoms with Gasteiger partial charge in [-0.2, -0.15) is 0 Å². The van der Waals surface area contributed by atoms with E-state index in [1.165, 1.54) is 18.2 Å². The minimum absolute atomic E-state index is 0.00402. The molecule has 6 nitrogen and oxygen atoms in total. The topological polar surface area (TPSA) is 116 Å². The number of carboxylic acids is 1. The van der Waals surface area contributed by atoms with Gasteiger partial charge < -0.3 is 16.2 Å². The normalized spacial score (nSPS) is 10.3. The third-order valence-corrected chi connectivity index (χ3v) is 4.13. The predicted molar refractivity (Wildman–Crippen MR) is 104 cm³/mol. The van der Waals surface area contributed by atoms with E-state index in [4.69, 9.17) is 11.1 Å². The molecular formula is C21H16FN3O3. The molecular weight excluding hydrogens is 361 g/mol. The Balaban J connectivity index is 2.00. The van der Waals surface area contributed by atoms with Crippen LogP contribution in [-0.4, -0.2) is 22.8 Å². The first kappa shape index (κ1) is 18.8. The first-order chi connectivity index (χ1) is 13.4. The lowest BCUT2D eigenvalue weighted by atomic mass is 9.94. The van der Waals surface area contributed by atoms with Gasteiger partial charge in [0.2, 0.25) is 0 Å². The van der Waals surface area contributed by atoms with E-state index in [1.807, 2.05) is 0 Å². The van der Waals surface area contributed by atoms with Crippen molar-refractivity contribution in [1.82, 2.24) is 0 Å². The number of aromatic carboxylic acids is 1. The van der Waals surface area contributed by atoms with E-state index in [2.05, 4.69) is 5.32 Å². The quantitative estimate of drug-likeness (QED) is 0.400. The van der Waals surface area contributed by atoms with E-state index in [1.54, 1.807) is 42.5 Å². The molecule has 0 saturated heterocycles. The van der Waals surface area contributed by atoms with Gasteiger partial charge in [0.25, 0.3) is 5.91 Å². The number of nitrogens with two attached hydrogens (primary N) is 1. The van der Waals surface area contributed by atoms with Gasteiger partial charge >= 0.3 is 5.97 Å². The first-order valence-corrected chi connectivity index (χ1v) is 8.25. The molecule has 3 aromatic carbocycles. The van der Waals surface area contributed by atoms with E-state index in [0.717, 1.165) is 6.07 Å². The average molecular weight is 377 g/mol. The van der Waals surface area contributed by atoms with Crippen LogP contribution >= 0.6 is 0 Å². The van der Waals surface area contributed by atoms with E-state index >= 15 is 0 Å². The van der Waals surface area contributed by atoms with Gasteiger partial charge in [-0.15, -0.1) is 0 Å². The van der Waals surface area contributed by atoms with Gasteiger partial charge in [-0.05, 0) is 53.6 Å². The minimum Gasteiger partial charge on any atom is -0.478 e. The Labute approximate surface area is 159 Å². The van der Waals surface area contributed by atoms with Crippen molar-refractivity contribution in [3.05, 3.63) is 89.2 Å². The molecule has 28 heavy (non-hydrogen) atoms. The molecule has 3 aromatic rings. The highest BCUT2D eigenvalue weighted by molar-refractivity contribution is 6.10. The van der Waals surface area contributed by atoms with E-state index < -0.39 is 17.7 Å². The number of benzene rings is 3. The van der Waals surface area contributed by atoms with E-state index in [-0.39, 0.29) is 17.0 Å². The zero-order valence-electron chi connectivity index (χ0n) is 14.6. The zero-order chi connectivity index (χ0) is 20.3. The molecule has 140 valence electrons. The van der Waals surface area contributed by atoms with Gasteiger partial charge in [0.15, 0.2) is 0 Å². The standard InChI is InChI=1S/C21H16FN3O3/c22-13-7-10-16(15-3-1-2-4-17(15)21(27)28)18(11-13)20(26)25-14-8-5-12(6-9-14)19(23)24/h1-11H,(H3,23,24)(H,25,26)(H,27,28). The summed E-state index contributed by atoms with van der Waals surface area (Å²) in [4.78, 5) is 24.3. The van der Waals surface area contributed by atoms with Crippen LogP contribution in [-0.2, 0) is 0 Å². The summed E-state index contributed by atoms with van der Waals surface area (Å²) >= 11 is 0. The zero-order valence-corrected chi connectivity index (χ0v) is 14.6. The molecule has 0 aromatic heterocycles. The number of hydrogen-bond acceptors (Lipinski definition) is 3. The van der Waals surface area contributed by atoms with Crippen LogP contribution in [0.3, 0.4) is 0 Å². The van der Waals surface area contributed by atoms with Crippen molar-refractivity contribution in [1.29, 1.82) is 5.41 Å². The van der Waals surface area contributed by atoms with Gasteiger partial charge in [-0.25, -0.2) is 9.18 Å². The van der Waals surface area contributed by atoms with Crippen LogP contribution < -0.4 is 11.1 Å². The molecule has 0 aliphatic heterocycles. The molecule has 1 amide bonds. The number of hydrogen-bond donors (Lipinski definition) is 4. The molecule has 0 radical (unpaired) electrons. The summed E-state index contributed by atoms with van der Waals surface area (Å²) in [7, 11) is 0. The van der Waals surface area contributed by atoms with Crippen LogP contribution in [0.15, 0.2) is 66.7 Å². The van der Waals surface area contributed by atoms with Crippen molar-refractivity contribution in [3.8, 4) is 11.1 Å². The molecule has 0 saturated carbocycles. The Hall–Kier alpha value is -4.00. The second kappa shape index (κ2) is 7.71. The van der Waals surface area contributed by atoms with Crippen LogP contribution in [0.25, 0.3) is 11.1 Å². The monoisotopic (exact) mass is 377 g/mol. The molecule has 7 heteroatoms. The van der Waals surface area contributed by atoms with Crippen molar-refractivity contribution in [2.24, 2.45) is 5.73 Å². The Morgan fingerprint density at radius 2 is 1.57 bits per heavy atom. The van der Waals surface area contributed by atoms with Gasteiger partial charge in [0.1, 0.15) is 11.7 Å². The number of nitrogens with one attached hydrogen (secondary N) is 2. The minimum atomic E-state index is -1.15. The number of halogens is 1. The molecule has 0 spiro atoms. The molecule has 0 aliphatic carbocycles. The smallest absolute Gasteiger partial charge is 0.336 e. The molecule has 0 aliphatic rings. The maximum Gasteiger partial charge on any atom is 0.336 e. The third-order valence-electron chi connectivity index (χ3n) is 4.13. The van der Waals surface area contributed by atoms with Crippen molar-refractivity contribution in [2.45, 2.75) is 0 Å². The third kappa shape index (κ3) is 3.88. The highest BCUT2D eigenvalue weighted by Crippen LogP contribution is 2.29. The number of carboxylic acid groups (broad SMARTS) is 1. The first-order valence-electron chi connectivity index (χ1n) is 8.25. The van der Waals surface area contributed by atoms with Gasteiger partial charge in [0.05, 0.1) is 11.1 Å². The summed E-state index contributed by atoms with van der Waals surface area (Å²) in [6.07, 6.45) is 0. The van der Waals surface area contributed by atoms with E-state index in [0.29, 0.717) is 22.4 Å². The largest absolute Gasteiger partial charge is 0.478 e. The summed E-state index contributed by atoms with van der Waals surface area (Å²) in [6, 6.07) is 16.1. The van der Waals surface area contributed by atoms with E-state index in [9.17, 15) is 19.1 Å². The predicted octanol–water partition coefficient (Wildman–Crippen LogP) is 3.73. The lowest BCUT2D eigenvalue weighted by Crippen LogP contribution is -2.15. The Morgan fingerprint density at radius 3 is 2.21 bits per heavy atom.